The maximum atomic E-state index is 11.5. The van der Waals surface area contributed by atoms with Gasteiger partial charge in [-0.1, -0.05) is 36.0 Å². The van der Waals surface area contributed by atoms with Gasteiger partial charge in [-0.25, -0.2) is 0 Å². The minimum absolute atomic E-state index is 0.211. The molecule has 1 atom stereocenters. The molecule has 0 fully saturated rings. The third-order valence-corrected chi connectivity index (χ3v) is 3.52. The Hall–Kier alpha value is -1.22. The number of esters is 1. The lowest BCUT2D eigenvalue weighted by atomic mass is 10.2. The zero-order valence-corrected chi connectivity index (χ0v) is 11.3. The first-order chi connectivity index (χ1) is 8.04. The monoisotopic (exact) mass is 250 g/mol. The molecule has 1 unspecified atom stereocenters. The molecular weight excluding hydrogens is 232 g/mol. The van der Waals surface area contributed by atoms with Crippen molar-refractivity contribution in [1.29, 1.82) is 0 Å². The average molecular weight is 250 g/mol. The van der Waals surface area contributed by atoms with Gasteiger partial charge in [0.15, 0.2) is 0 Å². The molecule has 0 aromatic heterocycles. The summed E-state index contributed by atoms with van der Waals surface area (Å²) in [6.45, 7) is 10.0. The zero-order chi connectivity index (χ0) is 12.8. The van der Waals surface area contributed by atoms with Gasteiger partial charge in [-0.2, -0.15) is 0 Å². The number of thioether (sulfide) groups is 1. The largest absolute Gasteiger partial charge is 0.466 e. The van der Waals surface area contributed by atoms with E-state index < -0.39 is 0 Å². The van der Waals surface area contributed by atoms with Crippen molar-refractivity contribution in [2.75, 3.05) is 6.61 Å². The smallest absolute Gasteiger partial charge is 0.313 e. The van der Waals surface area contributed by atoms with Gasteiger partial charge in [0.2, 0.25) is 0 Å². The Bertz CT molecular complexity index is 395. The average Bonchev–Trinajstić information content (AvgIpc) is 2.31. The highest BCUT2D eigenvalue weighted by Gasteiger charge is 2.18. The van der Waals surface area contributed by atoms with E-state index in [1.54, 1.807) is 6.92 Å². The summed E-state index contributed by atoms with van der Waals surface area (Å²) in [5.41, 5.74) is 1.22. The lowest BCUT2D eigenvalue weighted by Crippen LogP contribution is -2.15. The van der Waals surface area contributed by atoms with Crippen LogP contribution in [0.15, 0.2) is 40.6 Å². The molecule has 1 rings (SSSR count). The second kappa shape index (κ2) is 6.50. The van der Waals surface area contributed by atoms with Crippen molar-refractivity contribution in [1.82, 2.24) is 0 Å². The molecule has 0 aliphatic heterocycles. The maximum Gasteiger partial charge on any atom is 0.313 e. The Balaban J connectivity index is 2.59. The van der Waals surface area contributed by atoms with Gasteiger partial charge in [0.1, 0.15) is 0 Å². The van der Waals surface area contributed by atoms with Crippen LogP contribution in [0.4, 0.5) is 0 Å². The van der Waals surface area contributed by atoms with E-state index in [4.69, 9.17) is 4.74 Å². The minimum Gasteiger partial charge on any atom is -0.466 e. The Labute approximate surface area is 107 Å². The summed E-state index contributed by atoms with van der Waals surface area (Å²) in [5, 5.41) is 0. The maximum absolute atomic E-state index is 11.5. The van der Waals surface area contributed by atoms with E-state index in [1.165, 1.54) is 17.3 Å². The van der Waals surface area contributed by atoms with Gasteiger partial charge < -0.3 is 4.74 Å². The molecule has 0 spiro atoms. The molecule has 0 saturated carbocycles. The van der Waals surface area contributed by atoms with Crippen molar-refractivity contribution in [3.8, 4) is 0 Å². The number of hydrogen-bond acceptors (Lipinski definition) is 3. The van der Waals surface area contributed by atoms with Gasteiger partial charge in [0.25, 0.3) is 0 Å². The van der Waals surface area contributed by atoms with E-state index in [0.717, 1.165) is 9.80 Å². The highest BCUT2D eigenvalue weighted by Crippen LogP contribution is 2.31. The molecule has 0 saturated heterocycles. The predicted molar refractivity (Wildman–Crippen MR) is 72.0 cm³/mol. The molecule has 0 amide bonds. The van der Waals surface area contributed by atoms with Gasteiger partial charge in [-0.15, -0.1) is 0 Å². The topological polar surface area (TPSA) is 26.3 Å². The lowest BCUT2D eigenvalue weighted by molar-refractivity contribution is -0.145. The van der Waals surface area contributed by atoms with Gasteiger partial charge in [-0.3, -0.25) is 4.79 Å². The fraction of sp³-hybridized carbons (Fsp3) is 0.357. The Morgan fingerprint density at radius 2 is 2.00 bits per heavy atom. The van der Waals surface area contributed by atoms with Crippen molar-refractivity contribution in [2.24, 2.45) is 5.92 Å². The molecule has 0 aliphatic carbocycles. The molecule has 0 radical (unpaired) electrons. The van der Waals surface area contributed by atoms with Gasteiger partial charge in [-0.05, 0) is 37.8 Å². The summed E-state index contributed by atoms with van der Waals surface area (Å²) >= 11 is 1.52. The number of hydrogen-bond donors (Lipinski definition) is 0. The highest BCUT2D eigenvalue weighted by atomic mass is 32.2. The van der Waals surface area contributed by atoms with Crippen LogP contribution in [0.5, 0.6) is 0 Å². The fourth-order valence-corrected chi connectivity index (χ4v) is 2.09. The van der Waals surface area contributed by atoms with Crippen LogP contribution in [-0.2, 0) is 9.53 Å². The molecule has 0 heterocycles. The SMILES string of the molecule is C=C(Sc1ccc(C)cc1)C(C)C(=O)OCC. The fourth-order valence-electron chi connectivity index (χ4n) is 1.24. The van der Waals surface area contributed by atoms with E-state index in [1.807, 2.05) is 38.1 Å². The van der Waals surface area contributed by atoms with E-state index >= 15 is 0 Å². The number of ether oxygens (including phenoxy) is 1. The minimum atomic E-state index is -0.277. The van der Waals surface area contributed by atoms with Crippen LogP contribution in [-0.4, -0.2) is 12.6 Å². The summed E-state index contributed by atoms with van der Waals surface area (Å²) in [4.78, 5) is 13.4. The standard InChI is InChI=1S/C14H18O2S/c1-5-16-14(15)11(3)12(4)17-13-8-6-10(2)7-9-13/h6-9,11H,4-5H2,1-3H3. The summed E-state index contributed by atoms with van der Waals surface area (Å²) in [6, 6.07) is 8.15. The van der Waals surface area contributed by atoms with Crippen molar-refractivity contribution in [3.63, 3.8) is 0 Å². The van der Waals surface area contributed by atoms with Crippen LogP contribution in [0.25, 0.3) is 0 Å². The summed E-state index contributed by atoms with van der Waals surface area (Å²) in [6.07, 6.45) is 0. The molecule has 92 valence electrons. The summed E-state index contributed by atoms with van der Waals surface area (Å²) in [5.74, 6) is -0.488. The third-order valence-electron chi connectivity index (χ3n) is 2.39. The van der Waals surface area contributed by atoms with Crippen LogP contribution >= 0.6 is 11.8 Å². The molecule has 3 heteroatoms. The molecule has 1 aromatic carbocycles. The van der Waals surface area contributed by atoms with Crippen molar-refractivity contribution < 1.29 is 9.53 Å². The van der Waals surface area contributed by atoms with Crippen molar-refractivity contribution in [3.05, 3.63) is 41.3 Å². The van der Waals surface area contributed by atoms with Crippen LogP contribution in [0.3, 0.4) is 0 Å². The first-order valence-electron chi connectivity index (χ1n) is 5.64. The zero-order valence-electron chi connectivity index (χ0n) is 10.5. The predicted octanol–water partition coefficient (Wildman–Crippen LogP) is 3.80. The van der Waals surface area contributed by atoms with E-state index in [0.29, 0.717) is 6.61 Å². The van der Waals surface area contributed by atoms with Crippen LogP contribution in [0.1, 0.15) is 19.4 Å². The van der Waals surface area contributed by atoms with Crippen LogP contribution < -0.4 is 0 Å². The molecule has 2 nitrogen and oxygen atoms in total. The van der Waals surface area contributed by atoms with E-state index in [9.17, 15) is 4.79 Å². The van der Waals surface area contributed by atoms with Crippen molar-refractivity contribution >= 4 is 17.7 Å². The molecule has 1 aromatic rings. The Morgan fingerprint density at radius 3 is 2.53 bits per heavy atom. The van der Waals surface area contributed by atoms with Crippen LogP contribution in [0, 0.1) is 12.8 Å². The number of rotatable bonds is 5. The molecule has 0 bridgehead atoms. The quantitative estimate of drug-likeness (QED) is 0.587. The second-order valence-corrected chi connectivity index (χ2v) is 5.06. The molecular formula is C14H18O2S. The first-order valence-corrected chi connectivity index (χ1v) is 6.46. The summed E-state index contributed by atoms with van der Waals surface area (Å²) < 4.78 is 4.97. The van der Waals surface area contributed by atoms with Crippen LogP contribution in [0.2, 0.25) is 0 Å². The summed E-state index contributed by atoms with van der Waals surface area (Å²) in [7, 11) is 0. The molecule has 17 heavy (non-hydrogen) atoms. The van der Waals surface area contributed by atoms with Gasteiger partial charge in [0.05, 0.1) is 12.5 Å². The Kier molecular flexibility index (Phi) is 5.29. The normalized spacial score (nSPS) is 11.9. The first kappa shape index (κ1) is 13.8. The second-order valence-electron chi connectivity index (χ2n) is 3.86. The van der Waals surface area contributed by atoms with E-state index in [-0.39, 0.29) is 11.9 Å². The highest BCUT2D eigenvalue weighted by molar-refractivity contribution is 8.03. The third kappa shape index (κ3) is 4.27. The Morgan fingerprint density at radius 1 is 1.41 bits per heavy atom. The van der Waals surface area contributed by atoms with E-state index in [2.05, 4.69) is 6.58 Å². The number of carbonyl (C=O) groups excluding carboxylic acids is 1. The lowest BCUT2D eigenvalue weighted by Gasteiger charge is -2.13. The molecule has 0 aliphatic rings. The number of benzene rings is 1. The number of carbonyl (C=O) groups is 1. The van der Waals surface area contributed by atoms with Gasteiger partial charge in [0, 0.05) is 4.90 Å². The van der Waals surface area contributed by atoms with Gasteiger partial charge >= 0.3 is 5.97 Å². The van der Waals surface area contributed by atoms with Crippen molar-refractivity contribution in [2.45, 2.75) is 25.7 Å². The molecule has 0 N–H and O–H groups in total. The number of aryl methyl sites for hydroxylation is 1.